The Labute approximate surface area is 80.7 Å². The first kappa shape index (κ1) is 8.68. The lowest BCUT2D eigenvalue weighted by Crippen LogP contribution is -2.34. The number of amides is 1. The molecule has 1 aliphatic heterocycles. The van der Waals surface area contributed by atoms with E-state index in [1.807, 2.05) is 0 Å². The van der Waals surface area contributed by atoms with Crippen molar-refractivity contribution in [3.63, 3.8) is 0 Å². The smallest absolute Gasteiger partial charge is 0.254 e. The van der Waals surface area contributed by atoms with Crippen LogP contribution in [0.4, 0.5) is 5.69 Å². The summed E-state index contributed by atoms with van der Waals surface area (Å²) in [5.74, 6) is 0.118. The Bertz CT molecular complexity index is 390. The third-order valence-corrected chi connectivity index (χ3v) is 2.09. The second-order valence-electron chi connectivity index (χ2n) is 2.93. The third-order valence-electron chi connectivity index (χ3n) is 2.09. The highest BCUT2D eigenvalue weighted by Crippen LogP contribution is 2.33. The lowest BCUT2D eigenvalue weighted by atomic mass is 10.1. The molecule has 1 amide bonds. The van der Waals surface area contributed by atoms with Gasteiger partial charge in [-0.15, -0.1) is 0 Å². The highest BCUT2D eigenvalue weighted by Gasteiger charge is 2.18. The number of aromatic hydroxyl groups is 1. The summed E-state index contributed by atoms with van der Waals surface area (Å²) in [6.07, 6.45) is 0. The van der Waals surface area contributed by atoms with E-state index in [-0.39, 0.29) is 11.7 Å². The van der Waals surface area contributed by atoms with E-state index in [0.717, 1.165) is 0 Å². The molecule has 0 saturated heterocycles. The minimum absolute atomic E-state index is 0.0369. The van der Waals surface area contributed by atoms with Crippen LogP contribution in [0.3, 0.4) is 0 Å². The monoisotopic (exact) mass is 194 g/mol. The van der Waals surface area contributed by atoms with Crippen LogP contribution in [0.5, 0.6) is 11.5 Å². The van der Waals surface area contributed by atoms with Crippen molar-refractivity contribution in [2.75, 3.05) is 19.1 Å². The molecular formula is C9H10N2O3. The van der Waals surface area contributed by atoms with Gasteiger partial charge >= 0.3 is 0 Å². The molecule has 0 atom stereocenters. The second-order valence-corrected chi connectivity index (χ2v) is 2.93. The zero-order valence-electron chi connectivity index (χ0n) is 7.63. The number of hydrogen-bond acceptors (Lipinski definition) is 4. The first-order valence-corrected chi connectivity index (χ1v) is 4.15. The molecular weight excluding hydrogens is 184 g/mol. The Morgan fingerprint density at radius 2 is 2.21 bits per heavy atom. The molecule has 1 heterocycles. The number of anilines is 1. The molecule has 14 heavy (non-hydrogen) atoms. The number of benzene rings is 1. The predicted octanol–water partition coefficient (Wildman–Crippen LogP) is 0.514. The number of methoxy groups -OCH3 is 1. The molecule has 0 spiro atoms. The minimum Gasteiger partial charge on any atom is -0.504 e. The summed E-state index contributed by atoms with van der Waals surface area (Å²) < 4.78 is 4.92. The average Bonchev–Trinajstić information content (AvgIpc) is 2.19. The maximum absolute atomic E-state index is 11.3. The molecule has 0 bridgehead atoms. The summed E-state index contributed by atoms with van der Waals surface area (Å²) >= 11 is 0. The van der Waals surface area contributed by atoms with Gasteiger partial charge in [0.2, 0.25) is 0 Å². The molecule has 0 saturated carbocycles. The van der Waals surface area contributed by atoms with Crippen molar-refractivity contribution in [2.45, 2.75) is 0 Å². The highest BCUT2D eigenvalue weighted by atomic mass is 16.5. The van der Waals surface area contributed by atoms with E-state index in [0.29, 0.717) is 23.7 Å². The predicted molar refractivity (Wildman–Crippen MR) is 50.6 cm³/mol. The van der Waals surface area contributed by atoms with Crippen LogP contribution in [0.15, 0.2) is 12.1 Å². The summed E-state index contributed by atoms with van der Waals surface area (Å²) in [5.41, 5.74) is 1.10. The first-order valence-electron chi connectivity index (χ1n) is 4.15. The number of phenols is 1. The van der Waals surface area contributed by atoms with Gasteiger partial charge < -0.3 is 20.5 Å². The molecule has 0 radical (unpaired) electrons. The largest absolute Gasteiger partial charge is 0.504 e. The molecule has 1 aromatic carbocycles. The zero-order chi connectivity index (χ0) is 10.1. The van der Waals surface area contributed by atoms with Gasteiger partial charge in [0, 0.05) is 6.07 Å². The number of carbonyl (C=O) groups excluding carboxylic acids is 1. The van der Waals surface area contributed by atoms with E-state index in [1.165, 1.54) is 13.2 Å². The Balaban J connectivity index is 2.54. The maximum Gasteiger partial charge on any atom is 0.254 e. The van der Waals surface area contributed by atoms with Gasteiger partial charge in [-0.25, -0.2) is 0 Å². The average molecular weight is 194 g/mol. The quantitative estimate of drug-likeness (QED) is 0.570. The van der Waals surface area contributed by atoms with Crippen molar-refractivity contribution in [3.8, 4) is 11.5 Å². The van der Waals surface area contributed by atoms with Crippen LogP contribution in [0.25, 0.3) is 0 Å². The minimum atomic E-state index is -0.197. The van der Waals surface area contributed by atoms with E-state index in [4.69, 9.17) is 4.74 Å². The SMILES string of the molecule is COc1cc2c(cc1O)C(=O)NCN2. The number of nitrogens with one attached hydrogen (secondary N) is 2. The van der Waals surface area contributed by atoms with Crippen LogP contribution in [0, 0.1) is 0 Å². The Morgan fingerprint density at radius 1 is 1.43 bits per heavy atom. The van der Waals surface area contributed by atoms with Crippen molar-refractivity contribution in [3.05, 3.63) is 17.7 Å². The molecule has 3 N–H and O–H groups in total. The fourth-order valence-electron chi connectivity index (χ4n) is 1.38. The van der Waals surface area contributed by atoms with Crippen LogP contribution in [0.2, 0.25) is 0 Å². The van der Waals surface area contributed by atoms with Gasteiger partial charge in [0.05, 0.1) is 25.0 Å². The summed E-state index contributed by atoms with van der Waals surface area (Å²) in [4.78, 5) is 11.3. The fraction of sp³-hybridized carbons (Fsp3) is 0.222. The molecule has 5 nitrogen and oxygen atoms in total. The van der Waals surface area contributed by atoms with Gasteiger partial charge in [0.15, 0.2) is 11.5 Å². The first-order chi connectivity index (χ1) is 6.72. The normalized spacial score (nSPS) is 13.9. The van der Waals surface area contributed by atoms with Gasteiger partial charge in [-0.05, 0) is 6.07 Å². The molecule has 5 heteroatoms. The maximum atomic E-state index is 11.3. The molecule has 0 fully saturated rings. The van der Waals surface area contributed by atoms with Crippen LogP contribution < -0.4 is 15.4 Å². The van der Waals surface area contributed by atoms with Crippen molar-refractivity contribution >= 4 is 11.6 Å². The molecule has 0 unspecified atom stereocenters. The summed E-state index contributed by atoms with van der Waals surface area (Å²) in [7, 11) is 1.46. The molecule has 1 aliphatic rings. The number of ether oxygens (including phenoxy) is 1. The van der Waals surface area contributed by atoms with Crippen molar-refractivity contribution < 1.29 is 14.6 Å². The van der Waals surface area contributed by atoms with Gasteiger partial charge in [0.25, 0.3) is 5.91 Å². The summed E-state index contributed by atoms with van der Waals surface area (Å²) in [6, 6.07) is 2.99. The topological polar surface area (TPSA) is 70.6 Å². The van der Waals surface area contributed by atoms with Gasteiger partial charge in [-0.3, -0.25) is 4.79 Å². The number of rotatable bonds is 1. The lowest BCUT2D eigenvalue weighted by molar-refractivity contribution is 0.0952. The number of fused-ring (bicyclic) bond motifs is 1. The molecule has 2 rings (SSSR count). The van der Waals surface area contributed by atoms with Gasteiger partial charge in [0.1, 0.15) is 0 Å². The zero-order valence-corrected chi connectivity index (χ0v) is 7.63. The fourth-order valence-corrected chi connectivity index (χ4v) is 1.38. The Hall–Kier alpha value is -1.91. The van der Waals surface area contributed by atoms with E-state index in [9.17, 15) is 9.90 Å². The van der Waals surface area contributed by atoms with Crippen LogP contribution in [-0.2, 0) is 0 Å². The van der Waals surface area contributed by atoms with Crippen molar-refractivity contribution in [2.24, 2.45) is 0 Å². The van der Waals surface area contributed by atoms with Crippen LogP contribution >= 0.6 is 0 Å². The Morgan fingerprint density at radius 3 is 2.93 bits per heavy atom. The summed E-state index contributed by atoms with van der Waals surface area (Å²) in [6.45, 7) is 0.389. The summed E-state index contributed by atoms with van der Waals surface area (Å²) in [5, 5.41) is 15.0. The van der Waals surface area contributed by atoms with E-state index in [2.05, 4.69) is 10.6 Å². The number of carbonyl (C=O) groups is 1. The Kier molecular flexibility index (Phi) is 1.92. The molecule has 0 aromatic heterocycles. The van der Waals surface area contributed by atoms with Gasteiger partial charge in [-0.2, -0.15) is 0 Å². The molecule has 74 valence electrons. The third kappa shape index (κ3) is 1.22. The van der Waals surface area contributed by atoms with Gasteiger partial charge in [-0.1, -0.05) is 0 Å². The molecule has 1 aromatic rings. The number of phenolic OH excluding ortho intramolecular Hbond substituents is 1. The second kappa shape index (κ2) is 3.10. The highest BCUT2D eigenvalue weighted by molar-refractivity contribution is 6.02. The van der Waals surface area contributed by atoms with Crippen LogP contribution in [-0.4, -0.2) is 24.8 Å². The lowest BCUT2D eigenvalue weighted by Gasteiger charge is -2.19. The van der Waals surface area contributed by atoms with E-state index in [1.54, 1.807) is 6.07 Å². The number of hydrogen-bond donors (Lipinski definition) is 3. The van der Waals surface area contributed by atoms with Crippen molar-refractivity contribution in [1.29, 1.82) is 0 Å². The standard InChI is InChI=1S/C9H10N2O3/c1-14-8-3-6-5(2-7(8)12)9(13)11-4-10-6/h2-3,10,12H,4H2,1H3,(H,11,13). The van der Waals surface area contributed by atoms with Crippen LogP contribution in [0.1, 0.15) is 10.4 Å². The van der Waals surface area contributed by atoms with Crippen molar-refractivity contribution in [1.82, 2.24) is 5.32 Å². The molecule has 0 aliphatic carbocycles. The van der Waals surface area contributed by atoms with E-state index >= 15 is 0 Å². The van der Waals surface area contributed by atoms with E-state index < -0.39 is 0 Å².